The number of aromatic nitrogens is 2. The first-order valence-electron chi connectivity index (χ1n) is 3.52. The van der Waals surface area contributed by atoms with Crippen LogP contribution in [0.25, 0.3) is 0 Å². The van der Waals surface area contributed by atoms with Crippen LogP contribution < -0.4 is 0 Å². The van der Waals surface area contributed by atoms with Gasteiger partial charge in [0.25, 0.3) is 0 Å². The van der Waals surface area contributed by atoms with Gasteiger partial charge in [-0.25, -0.2) is 9.78 Å². The van der Waals surface area contributed by atoms with Crippen LogP contribution in [0.4, 0.5) is 0 Å². The van der Waals surface area contributed by atoms with E-state index in [1.807, 2.05) is 0 Å². The lowest BCUT2D eigenvalue weighted by atomic mass is 10.3. The molecule has 0 amide bonds. The molecule has 12 heavy (non-hydrogen) atoms. The molecule has 0 aliphatic heterocycles. The highest BCUT2D eigenvalue weighted by molar-refractivity contribution is 5.84. The maximum atomic E-state index is 10.4. The smallest absolute Gasteiger partial charge is 0.356 e. The molecular weight excluding hydrogens is 160 g/mol. The van der Waals surface area contributed by atoms with Crippen molar-refractivity contribution in [3.05, 3.63) is 18.2 Å². The van der Waals surface area contributed by atoms with Gasteiger partial charge in [0.05, 0.1) is 19.0 Å². The van der Waals surface area contributed by atoms with E-state index in [0.717, 1.165) is 0 Å². The molecule has 1 aromatic heterocycles. The van der Waals surface area contributed by atoms with Crippen LogP contribution in [-0.4, -0.2) is 32.3 Å². The van der Waals surface area contributed by atoms with Crippen LogP contribution in [0, 0.1) is 0 Å². The maximum Gasteiger partial charge on any atom is 0.356 e. The van der Waals surface area contributed by atoms with Gasteiger partial charge >= 0.3 is 5.97 Å². The summed E-state index contributed by atoms with van der Waals surface area (Å²) in [5.41, 5.74) is -0.00435. The maximum absolute atomic E-state index is 10.4. The Kier molecular flexibility index (Phi) is 2.44. The minimum absolute atomic E-state index is 0.00435. The number of aromatic carboxylic acids is 1. The standard InChI is InChI=1S/C7H10N2O3/c1-5(3-10)9-2-6(7(11)12)8-4-9/h2,4-5,10H,3H2,1H3,(H,11,12)/t5-/m1/s1. The predicted octanol–water partition coefficient (Wildman–Crippen LogP) is 0.135. The van der Waals surface area contributed by atoms with Crippen molar-refractivity contribution in [3.8, 4) is 0 Å². The molecular formula is C7H10N2O3. The number of hydrogen-bond acceptors (Lipinski definition) is 3. The second-order valence-electron chi connectivity index (χ2n) is 2.54. The van der Waals surface area contributed by atoms with Gasteiger partial charge < -0.3 is 14.8 Å². The van der Waals surface area contributed by atoms with E-state index in [2.05, 4.69) is 4.98 Å². The van der Waals surface area contributed by atoms with Crippen LogP contribution >= 0.6 is 0 Å². The fourth-order valence-corrected chi connectivity index (χ4v) is 0.783. The van der Waals surface area contributed by atoms with Gasteiger partial charge in [-0.2, -0.15) is 0 Å². The van der Waals surface area contributed by atoms with Crippen molar-refractivity contribution < 1.29 is 15.0 Å². The predicted molar refractivity (Wildman–Crippen MR) is 41.0 cm³/mol. The van der Waals surface area contributed by atoms with E-state index in [1.54, 1.807) is 11.5 Å². The van der Waals surface area contributed by atoms with E-state index in [1.165, 1.54) is 12.5 Å². The summed E-state index contributed by atoms with van der Waals surface area (Å²) in [6.07, 6.45) is 2.79. The molecule has 1 rings (SSSR count). The van der Waals surface area contributed by atoms with Crippen molar-refractivity contribution in [1.82, 2.24) is 9.55 Å². The number of imidazole rings is 1. The van der Waals surface area contributed by atoms with Crippen molar-refractivity contribution in [3.63, 3.8) is 0 Å². The zero-order valence-corrected chi connectivity index (χ0v) is 6.64. The van der Waals surface area contributed by atoms with E-state index in [0.29, 0.717) is 0 Å². The average molecular weight is 170 g/mol. The van der Waals surface area contributed by atoms with Crippen LogP contribution in [0.2, 0.25) is 0 Å². The molecule has 5 heteroatoms. The third-order valence-corrected chi connectivity index (χ3v) is 1.59. The Bertz CT molecular complexity index is 282. The molecule has 5 nitrogen and oxygen atoms in total. The number of aliphatic hydroxyl groups excluding tert-OH is 1. The molecule has 0 unspecified atom stereocenters. The lowest BCUT2D eigenvalue weighted by Crippen LogP contribution is -2.06. The summed E-state index contributed by atoms with van der Waals surface area (Å²) in [6, 6.07) is -0.134. The van der Waals surface area contributed by atoms with Crippen molar-refractivity contribution in [2.45, 2.75) is 13.0 Å². The minimum atomic E-state index is -1.06. The summed E-state index contributed by atoms with van der Waals surface area (Å²) in [5.74, 6) is -1.06. The number of aliphatic hydroxyl groups is 1. The van der Waals surface area contributed by atoms with Crippen molar-refractivity contribution in [1.29, 1.82) is 0 Å². The number of hydrogen-bond donors (Lipinski definition) is 2. The Morgan fingerprint density at radius 1 is 1.83 bits per heavy atom. The molecule has 66 valence electrons. The van der Waals surface area contributed by atoms with Crippen molar-refractivity contribution in [2.75, 3.05) is 6.61 Å². The number of nitrogens with zero attached hydrogens (tertiary/aromatic N) is 2. The van der Waals surface area contributed by atoms with Gasteiger partial charge in [-0.3, -0.25) is 0 Å². The summed E-state index contributed by atoms with van der Waals surface area (Å²) in [5, 5.41) is 17.3. The zero-order chi connectivity index (χ0) is 9.14. The fourth-order valence-electron chi connectivity index (χ4n) is 0.783. The lowest BCUT2D eigenvalue weighted by molar-refractivity contribution is 0.0691. The summed E-state index contributed by atoms with van der Waals surface area (Å²) in [6.45, 7) is 1.74. The first-order chi connectivity index (χ1) is 5.65. The van der Waals surface area contributed by atoms with E-state index in [-0.39, 0.29) is 18.3 Å². The van der Waals surface area contributed by atoms with Gasteiger partial charge in [0, 0.05) is 6.20 Å². The Balaban J connectivity index is 2.84. The molecule has 0 aromatic carbocycles. The quantitative estimate of drug-likeness (QED) is 0.676. The van der Waals surface area contributed by atoms with Crippen LogP contribution in [0.15, 0.2) is 12.5 Å². The molecule has 0 radical (unpaired) electrons. The van der Waals surface area contributed by atoms with E-state index in [4.69, 9.17) is 10.2 Å². The molecule has 0 aliphatic carbocycles. The van der Waals surface area contributed by atoms with Crippen molar-refractivity contribution >= 4 is 5.97 Å². The average Bonchev–Trinajstić information content (AvgIpc) is 2.51. The van der Waals surface area contributed by atoms with Crippen LogP contribution in [0.1, 0.15) is 23.5 Å². The van der Waals surface area contributed by atoms with Gasteiger partial charge in [-0.05, 0) is 6.92 Å². The molecule has 0 saturated heterocycles. The summed E-state index contributed by atoms with van der Waals surface area (Å²) < 4.78 is 1.56. The summed E-state index contributed by atoms with van der Waals surface area (Å²) >= 11 is 0. The minimum Gasteiger partial charge on any atom is -0.476 e. The zero-order valence-electron chi connectivity index (χ0n) is 6.64. The molecule has 1 aromatic rings. The molecule has 0 bridgehead atoms. The van der Waals surface area contributed by atoms with E-state index >= 15 is 0 Å². The number of rotatable bonds is 3. The SMILES string of the molecule is C[C@H](CO)n1cnc(C(=O)O)c1. The van der Waals surface area contributed by atoms with E-state index < -0.39 is 5.97 Å². The Morgan fingerprint density at radius 3 is 2.92 bits per heavy atom. The van der Waals surface area contributed by atoms with Gasteiger partial charge in [0.15, 0.2) is 5.69 Å². The Morgan fingerprint density at radius 2 is 2.50 bits per heavy atom. The molecule has 0 fully saturated rings. The number of carbonyl (C=O) groups is 1. The lowest BCUT2D eigenvalue weighted by Gasteiger charge is -2.07. The highest BCUT2D eigenvalue weighted by Crippen LogP contribution is 2.05. The molecule has 0 saturated carbocycles. The Labute approximate surface area is 69.3 Å². The van der Waals surface area contributed by atoms with E-state index in [9.17, 15) is 4.79 Å². The van der Waals surface area contributed by atoms with Gasteiger partial charge in [0.2, 0.25) is 0 Å². The summed E-state index contributed by atoms with van der Waals surface area (Å²) in [4.78, 5) is 14.0. The molecule has 0 aliphatic rings. The second kappa shape index (κ2) is 3.36. The van der Waals surface area contributed by atoms with Crippen LogP contribution in [-0.2, 0) is 0 Å². The highest BCUT2D eigenvalue weighted by Gasteiger charge is 2.09. The first kappa shape index (κ1) is 8.73. The van der Waals surface area contributed by atoms with Gasteiger partial charge in [-0.1, -0.05) is 0 Å². The second-order valence-corrected chi connectivity index (χ2v) is 2.54. The van der Waals surface area contributed by atoms with Crippen molar-refractivity contribution in [2.24, 2.45) is 0 Å². The normalized spacial score (nSPS) is 12.8. The monoisotopic (exact) mass is 170 g/mol. The number of carboxylic acid groups (broad SMARTS) is 1. The Hall–Kier alpha value is -1.36. The van der Waals surface area contributed by atoms with Gasteiger partial charge in [-0.15, -0.1) is 0 Å². The first-order valence-corrected chi connectivity index (χ1v) is 3.52. The van der Waals surface area contributed by atoms with Gasteiger partial charge in [0.1, 0.15) is 0 Å². The largest absolute Gasteiger partial charge is 0.476 e. The molecule has 2 N–H and O–H groups in total. The van der Waals surface area contributed by atoms with Crippen LogP contribution in [0.5, 0.6) is 0 Å². The molecule has 1 atom stereocenters. The fraction of sp³-hybridized carbons (Fsp3) is 0.429. The molecule has 1 heterocycles. The molecule has 0 spiro atoms. The third kappa shape index (κ3) is 1.62. The summed E-state index contributed by atoms with van der Waals surface area (Å²) in [7, 11) is 0. The number of carboxylic acids is 1. The highest BCUT2D eigenvalue weighted by atomic mass is 16.4. The van der Waals surface area contributed by atoms with Crippen LogP contribution in [0.3, 0.4) is 0 Å². The third-order valence-electron chi connectivity index (χ3n) is 1.59. The topological polar surface area (TPSA) is 75.3 Å².